The minimum Gasteiger partial charge on any atom is -0.369 e. The Morgan fingerprint density at radius 1 is 1.10 bits per heavy atom. The number of halogens is 2. The van der Waals surface area contributed by atoms with E-state index in [0.717, 1.165) is 5.39 Å². The third-order valence-corrected chi connectivity index (χ3v) is 5.25. The van der Waals surface area contributed by atoms with E-state index in [9.17, 15) is 18.4 Å². The summed E-state index contributed by atoms with van der Waals surface area (Å²) in [5.41, 5.74) is 6.83. The highest BCUT2D eigenvalue weighted by Crippen LogP contribution is 2.32. The van der Waals surface area contributed by atoms with Gasteiger partial charge in [-0.25, -0.2) is 13.8 Å². The Morgan fingerprint density at radius 2 is 1.90 bits per heavy atom. The van der Waals surface area contributed by atoms with Gasteiger partial charge in [-0.15, -0.1) is 0 Å². The number of primary amides is 1. The van der Waals surface area contributed by atoms with Crippen LogP contribution in [0.1, 0.15) is 40.2 Å². The van der Waals surface area contributed by atoms with Crippen molar-refractivity contribution in [3.63, 3.8) is 0 Å². The Bertz CT molecular complexity index is 1150. The van der Waals surface area contributed by atoms with Crippen molar-refractivity contribution in [2.45, 2.75) is 25.2 Å². The van der Waals surface area contributed by atoms with E-state index in [2.05, 4.69) is 15.3 Å². The van der Waals surface area contributed by atoms with Crippen LogP contribution in [-0.4, -0.2) is 40.8 Å². The Kier molecular flexibility index (Phi) is 5.50. The zero-order chi connectivity index (χ0) is 22.0. The van der Waals surface area contributed by atoms with Gasteiger partial charge in [-0.3, -0.25) is 14.6 Å². The number of nitrogens with zero attached hydrogens (tertiary/aromatic N) is 3. The van der Waals surface area contributed by atoms with Gasteiger partial charge < -0.3 is 16.0 Å². The highest BCUT2D eigenvalue weighted by atomic mass is 19.3. The molecule has 0 saturated carbocycles. The van der Waals surface area contributed by atoms with E-state index >= 15 is 0 Å². The van der Waals surface area contributed by atoms with Gasteiger partial charge in [0.05, 0.1) is 11.2 Å². The first kappa shape index (κ1) is 20.6. The van der Waals surface area contributed by atoms with Crippen LogP contribution >= 0.6 is 0 Å². The molecule has 1 saturated heterocycles. The molecule has 0 radical (unpaired) electrons. The van der Waals surface area contributed by atoms with Crippen molar-refractivity contribution in [2.75, 3.05) is 23.3 Å². The first-order valence-corrected chi connectivity index (χ1v) is 9.92. The van der Waals surface area contributed by atoms with Crippen molar-refractivity contribution < 1.29 is 18.4 Å². The maximum absolute atomic E-state index is 13.9. The van der Waals surface area contributed by atoms with E-state index in [1.54, 1.807) is 11.0 Å². The lowest BCUT2D eigenvalue weighted by molar-refractivity contribution is -0.0102. The van der Waals surface area contributed by atoms with Gasteiger partial charge in [0.2, 0.25) is 5.92 Å². The topological polar surface area (TPSA) is 101 Å². The van der Waals surface area contributed by atoms with Crippen LogP contribution in [0, 0.1) is 0 Å². The first-order chi connectivity index (χ1) is 14.8. The molecule has 3 N–H and O–H groups in total. The van der Waals surface area contributed by atoms with Crippen molar-refractivity contribution in [2.24, 2.45) is 5.73 Å². The van der Waals surface area contributed by atoms with Crippen LogP contribution in [0.15, 0.2) is 48.7 Å². The molecular formula is C22H21F2N5O2. The van der Waals surface area contributed by atoms with Crippen molar-refractivity contribution in [1.29, 1.82) is 0 Å². The largest absolute Gasteiger partial charge is 0.369 e. The quantitative estimate of drug-likeness (QED) is 0.665. The molecule has 3 heterocycles. The maximum Gasteiger partial charge on any atom is 0.276 e. The number of amides is 2. The Morgan fingerprint density at radius 3 is 2.71 bits per heavy atom. The summed E-state index contributed by atoms with van der Waals surface area (Å²) < 4.78 is 27.8. The van der Waals surface area contributed by atoms with Crippen molar-refractivity contribution in [1.82, 2.24) is 9.97 Å². The second-order valence-electron chi connectivity index (χ2n) is 7.49. The lowest BCUT2D eigenvalue weighted by Gasteiger charge is -2.25. The number of rotatable bonds is 4. The SMILES string of the molecule is NC(=O)c1cc(NC(=O)c2nc3ccccc3cc2N2CCCC(F)(F)CC2)ccn1. The van der Waals surface area contributed by atoms with E-state index in [4.69, 9.17) is 5.73 Å². The Balaban J connectivity index is 1.71. The summed E-state index contributed by atoms with van der Waals surface area (Å²) in [4.78, 5) is 34.7. The number of nitrogens with two attached hydrogens (primary N) is 1. The fourth-order valence-corrected chi connectivity index (χ4v) is 3.65. The minimum atomic E-state index is -2.72. The zero-order valence-corrected chi connectivity index (χ0v) is 16.6. The average Bonchev–Trinajstić information content (AvgIpc) is 2.93. The number of para-hydroxylation sites is 1. The van der Waals surface area contributed by atoms with Crippen molar-refractivity contribution in [3.8, 4) is 0 Å². The minimum absolute atomic E-state index is 0.0132. The van der Waals surface area contributed by atoms with Crippen molar-refractivity contribution >= 4 is 34.1 Å². The van der Waals surface area contributed by atoms with Crippen LogP contribution in [0.2, 0.25) is 0 Å². The molecule has 9 heteroatoms. The first-order valence-electron chi connectivity index (χ1n) is 9.92. The normalized spacial score (nSPS) is 16.0. The number of carbonyl (C=O) groups is 2. The molecule has 1 aromatic carbocycles. The number of alkyl halides is 2. The summed E-state index contributed by atoms with van der Waals surface area (Å²) in [7, 11) is 0. The molecule has 4 rings (SSSR count). The van der Waals surface area contributed by atoms with Crippen LogP contribution in [0.25, 0.3) is 10.9 Å². The van der Waals surface area contributed by atoms with Gasteiger partial charge in [-0.1, -0.05) is 18.2 Å². The van der Waals surface area contributed by atoms with Crippen LogP contribution < -0.4 is 16.0 Å². The summed E-state index contributed by atoms with van der Waals surface area (Å²) in [6, 6.07) is 12.0. The molecule has 2 aromatic heterocycles. The molecule has 1 fully saturated rings. The van der Waals surface area contributed by atoms with Gasteiger partial charge in [-0.05, 0) is 30.7 Å². The number of hydrogen-bond acceptors (Lipinski definition) is 5. The van der Waals surface area contributed by atoms with E-state index in [1.807, 2.05) is 24.3 Å². The highest BCUT2D eigenvalue weighted by molar-refractivity contribution is 6.08. The number of benzene rings is 1. The number of anilines is 2. The van der Waals surface area contributed by atoms with Gasteiger partial charge in [0, 0.05) is 43.2 Å². The van der Waals surface area contributed by atoms with E-state index in [-0.39, 0.29) is 30.8 Å². The molecule has 3 aromatic rings. The van der Waals surface area contributed by atoms with Gasteiger partial charge in [0.1, 0.15) is 5.69 Å². The van der Waals surface area contributed by atoms with Gasteiger partial charge in [0.25, 0.3) is 11.8 Å². The van der Waals surface area contributed by atoms with E-state index < -0.39 is 17.7 Å². The van der Waals surface area contributed by atoms with Gasteiger partial charge >= 0.3 is 0 Å². The average molecular weight is 425 g/mol. The molecule has 0 spiro atoms. The molecular weight excluding hydrogens is 404 g/mol. The second kappa shape index (κ2) is 8.25. The molecule has 0 aliphatic carbocycles. The number of hydrogen-bond donors (Lipinski definition) is 2. The molecule has 31 heavy (non-hydrogen) atoms. The smallest absolute Gasteiger partial charge is 0.276 e. The van der Waals surface area contributed by atoms with Crippen LogP contribution in [0.4, 0.5) is 20.2 Å². The summed E-state index contributed by atoms with van der Waals surface area (Å²) in [6.07, 6.45) is 1.21. The molecule has 0 bridgehead atoms. The predicted molar refractivity (Wildman–Crippen MR) is 113 cm³/mol. The summed E-state index contributed by atoms with van der Waals surface area (Å²) >= 11 is 0. The van der Waals surface area contributed by atoms with Crippen molar-refractivity contribution in [3.05, 3.63) is 60.0 Å². The zero-order valence-electron chi connectivity index (χ0n) is 16.6. The fourth-order valence-electron chi connectivity index (χ4n) is 3.65. The monoisotopic (exact) mass is 425 g/mol. The standard InChI is InChI=1S/C22H21F2N5O2/c23-22(24)7-3-10-29(11-8-22)18-12-14-4-1-2-5-16(14)28-19(18)21(31)27-15-6-9-26-17(13-15)20(25)30/h1-2,4-6,9,12-13H,3,7-8,10-11H2,(H2,25,30)(H,26,27,31). The molecule has 0 unspecified atom stereocenters. The number of aromatic nitrogens is 2. The molecule has 1 aliphatic heterocycles. The molecule has 160 valence electrons. The lowest BCUT2D eigenvalue weighted by Crippen LogP contribution is -2.29. The lowest BCUT2D eigenvalue weighted by atomic mass is 10.1. The van der Waals surface area contributed by atoms with Crippen LogP contribution in [-0.2, 0) is 0 Å². The van der Waals surface area contributed by atoms with Gasteiger partial charge in [-0.2, -0.15) is 0 Å². The number of carbonyl (C=O) groups excluding carboxylic acids is 2. The highest BCUT2D eigenvalue weighted by Gasteiger charge is 2.33. The molecule has 1 aliphatic rings. The molecule has 7 nitrogen and oxygen atoms in total. The third kappa shape index (κ3) is 4.60. The fraction of sp³-hybridized carbons (Fsp3) is 0.273. The van der Waals surface area contributed by atoms with E-state index in [1.165, 1.54) is 18.3 Å². The number of nitrogens with one attached hydrogen (secondary N) is 1. The van der Waals surface area contributed by atoms with Crippen LogP contribution in [0.5, 0.6) is 0 Å². The number of pyridine rings is 2. The summed E-state index contributed by atoms with van der Waals surface area (Å²) in [5, 5.41) is 3.52. The molecule has 2 amide bonds. The summed E-state index contributed by atoms with van der Waals surface area (Å²) in [5.74, 6) is -3.95. The summed E-state index contributed by atoms with van der Waals surface area (Å²) in [6.45, 7) is 0.519. The second-order valence-corrected chi connectivity index (χ2v) is 7.49. The Labute approximate surface area is 177 Å². The van der Waals surface area contributed by atoms with Gasteiger partial charge in [0.15, 0.2) is 5.69 Å². The van der Waals surface area contributed by atoms with Crippen LogP contribution in [0.3, 0.4) is 0 Å². The maximum atomic E-state index is 13.9. The number of fused-ring (bicyclic) bond motifs is 1. The predicted octanol–water partition coefficient (Wildman–Crippen LogP) is 3.61. The van der Waals surface area contributed by atoms with E-state index in [0.29, 0.717) is 29.9 Å². The third-order valence-electron chi connectivity index (χ3n) is 5.25. The molecule has 0 atom stereocenters. The Hall–Kier alpha value is -3.62.